The van der Waals surface area contributed by atoms with Gasteiger partial charge in [0.1, 0.15) is 6.10 Å². The summed E-state index contributed by atoms with van der Waals surface area (Å²) >= 11 is 0. The first-order valence-corrected chi connectivity index (χ1v) is 9.78. The van der Waals surface area contributed by atoms with Crippen molar-refractivity contribution >= 4 is 23.2 Å². The van der Waals surface area contributed by atoms with Gasteiger partial charge in [0.05, 0.1) is 11.3 Å². The molecule has 2 aromatic carbocycles. The highest BCUT2D eigenvalue weighted by molar-refractivity contribution is 6.04. The Hall–Kier alpha value is -3.66. The molecule has 32 heavy (non-hydrogen) atoms. The number of aromatic nitrogens is 1. The largest absolute Gasteiger partial charge is 0.418 e. The molecule has 0 aliphatic carbocycles. The number of halogens is 3. The lowest BCUT2D eigenvalue weighted by Crippen LogP contribution is -2.27. The highest BCUT2D eigenvalue weighted by Gasteiger charge is 2.35. The number of carbonyl (C=O) groups excluding carboxylic acids is 2. The van der Waals surface area contributed by atoms with Crippen LogP contribution in [0, 0.1) is 0 Å². The van der Waals surface area contributed by atoms with E-state index >= 15 is 0 Å². The quantitative estimate of drug-likeness (QED) is 0.592. The fraction of sp³-hybridized carbons (Fsp3) is 0.227. The zero-order valence-electron chi connectivity index (χ0n) is 16.6. The van der Waals surface area contributed by atoms with Gasteiger partial charge < -0.3 is 19.9 Å². The van der Waals surface area contributed by atoms with Gasteiger partial charge in [-0.15, -0.1) is 0 Å². The predicted molar refractivity (Wildman–Crippen MR) is 109 cm³/mol. The highest BCUT2D eigenvalue weighted by atomic mass is 19.4. The summed E-state index contributed by atoms with van der Waals surface area (Å²) in [5, 5.41) is 8.28. The van der Waals surface area contributed by atoms with Crippen molar-refractivity contribution in [1.82, 2.24) is 5.16 Å². The molecule has 1 aromatic heterocycles. The zero-order chi connectivity index (χ0) is 22.7. The molecule has 10 heteroatoms. The lowest BCUT2D eigenvalue weighted by molar-refractivity contribution is -0.137. The van der Waals surface area contributed by atoms with Crippen LogP contribution in [0.15, 0.2) is 59.1 Å². The van der Waals surface area contributed by atoms with E-state index in [1.165, 1.54) is 12.1 Å². The Bertz CT molecular complexity index is 1120. The average Bonchev–Trinajstić information content (AvgIpc) is 3.47. The van der Waals surface area contributed by atoms with Crippen LogP contribution in [0.25, 0.3) is 11.3 Å². The van der Waals surface area contributed by atoms with Crippen molar-refractivity contribution in [2.24, 2.45) is 0 Å². The topological polar surface area (TPSA) is 93.5 Å². The van der Waals surface area contributed by atoms with Crippen molar-refractivity contribution < 1.29 is 32.0 Å². The summed E-state index contributed by atoms with van der Waals surface area (Å²) in [6.07, 6.45) is -4.24. The normalized spacial score (nSPS) is 16.0. The number of carbonyl (C=O) groups is 2. The monoisotopic (exact) mass is 445 g/mol. The van der Waals surface area contributed by atoms with Gasteiger partial charge in [0, 0.05) is 23.9 Å². The number of nitrogens with zero attached hydrogens (tertiary/aromatic N) is 1. The fourth-order valence-corrected chi connectivity index (χ4v) is 3.28. The van der Waals surface area contributed by atoms with Crippen molar-refractivity contribution in [3.05, 3.63) is 65.9 Å². The van der Waals surface area contributed by atoms with E-state index in [1.807, 2.05) is 0 Å². The summed E-state index contributed by atoms with van der Waals surface area (Å²) in [4.78, 5) is 24.6. The van der Waals surface area contributed by atoms with Crippen LogP contribution >= 0.6 is 0 Å². The van der Waals surface area contributed by atoms with Crippen LogP contribution in [-0.4, -0.2) is 29.7 Å². The number of nitrogens with one attached hydrogen (secondary N) is 2. The standard InChI is InChI=1S/C22H18F3N3O4/c23-22(24,25)15-11-14(26-21(30)18-7-4-10-31-18)8-9-16(15)27-20(29)17-12-19(32-28-17)13-5-2-1-3-6-13/h1-3,5-6,8-9,11-12,18H,4,7,10H2,(H,26,30)(H,27,29). The van der Waals surface area contributed by atoms with Gasteiger partial charge in [-0.1, -0.05) is 35.5 Å². The summed E-state index contributed by atoms with van der Waals surface area (Å²) < 4.78 is 51.2. The number of ether oxygens (including phenoxy) is 1. The molecule has 1 unspecified atom stereocenters. The lowest BCUT2D eigenvalue weighted by atomic mass is 10.1. The van der Waals surface area contributed by atoms with E-state index in [-0.39, 0.29) is 11.4 Å². The van der Waals surface area contributed by atoms with E-state index in [0.29, 0.717) is 30.8 Å². The SMILES string of the molecule is O=C(Nc1ccc(NC(=O)C2CCCO2)cc1C(F)(F)F)c1cc(-c2ccccc2)on1. The summed E-state index contributed by atoms with van der Waals surface area (Å²) in [6, 6.07) is 13.3. The minimum atomic E-state index is -4.77. The molecule has 3 aromatic rings. The van der Waals surface area contributed by atoms with Crippen molar-refractivity contribution in [2.75, 3.05) is 17.2 Å². The molecule has 4 rings (SSSR count). The van der Waals surface area contributed by atoms with E-state index < -0.39 is 35.3 Å². The van der Waals surface area contributed by atoms with Crippen LogP contribution in [0.4, 0.5) is 24.5 Å². The second-order valence-electron chi connectivity index (χ2n) is 7.15. The van der Waals surface area contributed by atoms with E-state index in [2.05, 4.69) is 15.8 Å². The third kappa shape index (κ3) is 4.80. The third-order valence-electron chi connectivity index (χ3n) is 4.86. The van der Waals surface area contributed by atoms with E-state index in [9.17, 15) is 22.8 Å². The van der Waals surface area contributed by atoms with Crippen molar-refractivity contribution in [2.45, 2.75) is 25.1 Å². The van der Waals surface area contributed by atoms with Gasteiger partial charge in [-0.2, -0.15) is 13.2 Å². The van der Waals surface area contributed by atoms with Crippen LogP contribution in [0.5, 0.6) is 0 Å². The number of hydrogen-bond acceptors (Lipinski definition) is 5. The molecule has 2 heterocycles. The summed E-state index contributed by atoms with van der Waals surface area (Å²) in [5.74, 6) is -1.07. The summed E-state index contributed by atoms with van der Waals surface area (Å²) in [6.45, 7) is 0.435. The molecule has 2 amide bonds. The first-order valence-electron chi connectivity index (χ1n) is 9.78. The van der Waals surface area contributed by atoms with Gasteiger partial charge in [-0.3, -0.25) is 9.59 Å². The number of rotatable bonds is 5. The molecule has 1 aliphatic rings. The molecular weight excluding hydrogens is 427 g/mol. The Morgan fingerprint density at radius 2 is 1.81 bits per heavy atom. The summed E-state index contributed by atoms with van der Waals surface area (Å²) in [5.41, 5.74) is -1.14. The van der Waals surface area contributed by atoms with Gasteiger partial charge in [-0.25, -0.2) is 0 Å². The number of hydrogen-bond donors (Lipinski definition) is 2. The van der Waals surface area contributed by atoms with Crippen LogP contribution in [0.2, 0.25) is 0 Å². The average molecular weight is 445 g/mol. The number of anilines is 2. The summed E-state index contributed by atoms with van der Waals surface area (Å²) in [7, 11) is 0. The molecule has 1 fully saturated rings. The third-order valence-corrected chi connectivity index (χ3v) is 4.86. The van der Waals surface area contributed by atoms with E-state index in [0.717, 1.165) is 12.1 Å². The zero-order valence-corrected chi connectivity index (χ0v) is 16.6. The van der Waals surface area contributed by atoms with Crippen molar-refractivity contribution in [3.8, 4) is 11.3 Å². The number of alkyl halides is 3. The van der Waals surface area contributed by atoms with Crippen molar-refractivity contribution in [3.63, 3.8) is 0 Å². The van der Waals surface area contributed by atoms with Gasteiger partial charge in [0.2, 0.25) is 0 Å². The number of benzene rings is 2. The maximum atomic E-state index is 13.6. The maximum absolute atomic E-state index is 13.6. The smallest absolute Gasteiger partial charge is 0.368 e. The second kappa shape index (κ2) is 8.83. The predicted octanol–water partition coefficient (Wildman–Crippen LogP) is 4.73. The molecule has 0 radical (unpaired) electrons. The van der Waals surface area contributed by atoms with E-state index in [4.69, 9.17) is 9.26 Å². The molecule has 1 aliphatic heterocycles. The van der Waals surface area contributed by atoms with Gasteiger partial charge >= 0.3 is 6.18 Å². The minimum absolute atomic E-state index is 0.0522. The molecular formula is C22H18F3N3O4. The van der Waals surface area contributed by atoms with Crippen LogP contribution < -0.4 is 10.6 Å². The Labute approximate surface area is 180 Å². The molecule has 7 nitrogen and oxygen atoms in total. The first kappa shape index (κ1) is 21.6. The number of amides is 2. The molecule has 0 spiro atoms. The fourth-order valence-electron chi connectivity index (χ4n) is 3.28. The second-order valence-corrected chi connectivity index (χ2v) is 7.15. The molecule has 0 saturated carbocycles. The molecule has 0 bridgehead atoms. The Kier molecular flexibility index (Phi) is 5.95. The molecule has 2 N–H and O–H groups in total. The van der Waals surface area contributed by atoms with E-state index in [1.54, 1.807) is 30.3 Å². The van der Waals surface area contributed by atoms with Crippen LogP contribution in [0.3, 0.4) is 0 Å². The Balaban J connectivity index is 1.53. The Morgan fingerprint density at radius 1 is 1.03 bits per heavy atom. The van der Waals surface area contributed by atoms with Crippen molar-refractivity contribution in [1.29, 1.82) is 0 Å². The first-order chi connectivity index (χ1) is 15.3. The lowest BCUT2D eigenvalue weighted by Gasteiger charge is -2.16. The molecule has 1 atom stereocenters. The van der Waals surface area contributed by atoms with Gasteiger partial charge in [0.15, 0.2) is 11.5 Å². The maximum Gasteiger partial charge on any atom is 0.418 e. The van der Waals surface area contributed by atoms with Gasteiger partial charge in [0.25, 0.3) is 11.8 Å². The molecule has 1 saturated heterocycles. The Morgan fingerprint density at radius 3 is 2.50 bits per heavy atom. The van der Waals surface area contributed by atoms with Crippen LogP contribution in [-0.2, 0) is 15.7 Å². The molecule has 166 valence electrons. The highest BCUT2D eigenvalue weighted by Crippen LogP contribution is 2.37. The van der Waals surface area contributed by atoms with Crippen LogP contribution in [0.1, 0.15) is 28.9 Å². The van der Waals surface area contributed by atoms with Gasteiger partial charge in [-0.05, 0) is 31.0 Å². The minimum Gasteiger partial charge on any atom is -0.368 e.